The average Bonchev–Trinajstić information content (AvgIpc) is 2.97. The van der Waals surface area contributed by atoms with Crippen molar-refractivity contribution in [3.63, 3.8) is 0 Å². The number of carbonyl (C=O) groups is 1. The Morgan fingerprint density at radius 1 is 1.35 bits per heavy atom. The van der Waals surface area contributed by atoms with Crippen molar-refractivity contribution in [2.75, 3.05) is 24.6 Å². The molecule has 20 heavy (non-hydrogen) atoms. The molecule has 0 bridgehead atoms. The van der Waals surface area contributed by atoms with Crippen LogP contribution in [0.25, 0.3) is 0 Å². The molecular formula is C14H22N4O2. The van der Waals surface area contributed by atoms with E-state index in [4.69, 9.17) is 5.11 Å². The molecule has 2 rings (SSSR count). The fourth-order valence-electron chi connectivity index (χ4n) is 2.46. The summed E-state index contributed by atoms with van der Waals surface area (Å²) >= 11 is 0. The third-order valence-electron chi connectivity index (χ3n) is 3.50. The normalized spacial score (nSPS) is 18.2. The van der Waals surface area contributed by atoms with E-state index in [1.165, 1.54) is 0 Å². The fourth-order valence-corrected chi connectivity index (χ4v) is 2.46. The Morgan fingerprint density at radius 2 is 2.15 bits per heavy atom. The van der Waals surface area contributed by atoms with Crippen molar-refractivity contribution in [3.05, 3.63) is 18.5 Å². The van der Waals surface area contributed by atoms with Gasteiger partial charge in [-0.2, -0.15) is 0 Å². The lowest BCUT2D eigenvalue weighted by Gasteiger charge is -2.23. The van der Waals surface area contributed by atoms with Gasteiger partial charge in [-0.25, -0.2) is 9.97 Å². The van der Waals surface area contributed by atoms with Gasteiger partial charge in [0.1, 0.15) is 6.04 Å². The third kappa shape index (κ3) is 3.90. The van der Waals surface area contributed by atoms with Crippen LogP contribution in [0.5, 0.6) is 0 Å². The molecule has 1 amide bonds. The summed E-state index contributed by atoms with van der Waals surface area (Å²) in [6, 6.07) is 1.62. The highest BCUT2D eigenvalue weighted by atomic mass is 16.2. The number of rotatable bonds is 7. The predicted octanol–water partition coefficient (Wildman–Crippen LogP) is 0.724. The van der Waals surface area contributed by atoms with Crippen LogP contribution in [-0.2, 0) is 4.79 Å². The van der Waals surface area contributed by atoms with Crippen molar-refractivity contribution in [1.29, 1.82) is 0 Å². The number of nitrogens with zero attached hydrogens (tertiary/aromatic N) is 3. The molecule has 6 nitrogen and oxygen atoms in total. The lowest BCUT2D eigenvalue weighted by atomic mass is 10.2. The molecule has 0 aromatic carbocycles. The number of aromatic nitrogens is 2. The van der Waals surface area contributed by atoms with E-state index in [9.17, 15) is 4.79 Å². The predicted molar refractivity (Wildman–Crippen MR) is 76.3 cm³/mol. The van der Waals surface area contributed by atoms with Gasteiger partial charge in [0.25, 0.3) is 0 Å². The summed E-state index contributed by atoms with van der Waals surface area (Å²) in [6.07, 6.45) is 7.87. The zero-order valence-electron chi connectivity index (χ0n) is 11.7. The van der Waals surface area contributed by atoms with Gasteiger partial charge in [-0.05, 0) is 38.2 Å². The van der Waals surface area contributed by atoms with Gasteiger partial charge in [0.2, 0.25) is 11.9 Å². The van der Waals surface area contributed by atoms with E-state index in [1.807, 2.05) is 4.90 Å². The van der Waals surface area contributed by atoms with Gasteiger partial charge < -0.3 is 15.3 Å². The quantitative estimate of drug-likeness (QED) is 0.719. The van der Waals surface area contributed by atoms with Gasteiger partial charge in [0.05, 0.1) is 0 Å². The summed E-state index contributed by atoms with van der Waals surface area (Å²) in [7, 11) is 0. The highest BCUT2D eigenvalue weighted by Crippen LogP contribution is 2.21. The Bertz CT molecular complexity index is 413. The zero-order chi connectivity index (χ0) is 14.2. The van der Waals surface area contributed by atoms with Crippen LogP contribution in [0.1, 0.15) is 32.1 Å². The Labute approximate surface area is 119 Å². The van der Waals surface area contributed by atoms with Crippen LogP contribution >= 0.6 is 0 Å². The van der Waals surface area contributed by atoms with E-state index in [-0.39, 0.29) is 18.6 Å². The first kappa shape index (κ1) is 14.7. The summed E-state index contributed by atoms with van der Waals surface area (Å²) < 4.78 is 0. The smallest absolute Gasteiger partial charge is 0.242 e. The lowest BCUT2D eigenvalue weighted by molar-refractivity contribution is -0.122. The molecule has 2 N–H and O–H groups in total. The topological polar surface area (TPSA) is 78.4 Å². The number of nitrogens with one attached hydrogen (secondary N) is 1. The summed E-state index contributed by atoms with van der Waals surface area (Å²) in [5.74, 6) is 0.685. The SMILES string of the molecule is O=C(NCCCCCO)C1CCCN1c1ncccn1. The minimum absolute atomic E-state index is 0.0546. The maximum absolute atomic E-state index is 12.2. The summed E-state index contributed by atoms with van der Waals surface area (Å²) in [4.78, 5) is 22.6. The second-order valence-electron chi connectivity index (χ2n) is 4.98. The van der Waals surface area contributed by atoms with Crippen LogP contribution in [0.4, 0.5) is 5.95 Å². The van der Waals surface area contributed by atoms with E-state index in [2.05, 4.69) is 15.3 Å². The number of unbranched alkanes of at least 4 members (excludes halogenated alkanes) is 2. The third-order valence-corrected chi connectivity index (χ3v) is 3.50. The molecule has 110 valence electrons. The minimum Gasteiger partial charge on any atom is -0.396 e. The Balaban J connectivity index is 1.83. The van der Waals surface area contributed by atoms with Crippen LogP contribution in [0.3, 0.4) is 0 Å². The number of hydrogen-bond donors (Lipinski definition) is 2. The van der Waals surface area contributed by atoms with Crippen LogP contribution in [0, 0.1) is 0 Å². The number of anilines is 1. The molecule has 1 aromatic rings. The van der Waals surface area contributed by atoms with Crippen molar-refractivity contribution < 1.29 is 9.90 Å². The number of aliphatic hydroxyl groups is 1. The van der Waals surface area contributed by atoms with Gasteiger partial charge in [-0.15, -0.1) is 0 Å². The molecule has 0 aliphatic carbocycles. The lowest BCUT2D eigenvalue weighted by Crippen LogP contribution is -2.44. The van der Waals surface area contributed by atoms with Crippen molar-refractivity contribution in [1.82, 2.24) is 15.3 Å². The van der Waals surface area contributed by atoms with E-state index in [1.54, 1.807) is 18.5 Å². The van der Waals surface area contributed by atoms with Gasteiger partial charge in [0, 0.05) is 32.1 Å². The second kappa shape index (κ2) is 7.79. The minimum atomic E-state index is -0.157. The molecule has 1 saturated heterocycles. The van der Waals surface area contributed by atoms with Gasteiger partial charge in [0.15, 0.2) is 0 Å². The summed E-state index contributed by atoms with van der Waals surface area (Å²) in [5, 5.41) is 11.7. The van der Waals surface area contributed by atoms with Gasteiger partial charge >= 0.3 is 0 Å². The Morgan fingerprint density at radius 3 is 2.90 bits per heavy atom. The first-order chi connectivity index (χ1) is 9.83. The van der Waals surface area contributed by atoms with E-state index < -0.39 is 0 Å². The van der Waals surface area contributed by atoms with Gasteiger partial charge in [-0.1, -0.05) is 0 Å². The molecule has 1 atom stereocenters. The molecule has 1 aliphatic heterocycles. The van der Waals surface area contributed by atoms with Crippen molar-refractivity contribution in [3.8, 4) is 0 Å². The summed E-state index contributed by atoms with van der Waals surface area (Å²) in [6.45, 7) is 1.71. The van der Waals surface area contributed by atoms with E-state index in [0.29, 0.717) is 12.5 Å². The monoisotopic (exact) mass is 278 g/mol. The zero-order valence-corrected chi connectivity index (χ0v) is 11.7. The molecule has 1 fully saturated rings. The first-order valence-electron chi connectivity index (χ1n) is 7.25. The average molecular weight is 278 g/mol. The van der Waals surface area contributed by atoms with Crippen LogP contribution < -0.4 is 10.2 Å². The van der Waals surface area contributed by atoms with Crippen LogP contribution in [0.15, 0.2) is 18.5 Å². The van der Waals surface area contributed by atoms with Crippen LogP contribution in [-0.4, -0.2) is 46.7 Å². The largest absolute Gasteiger partial charge is 0.396 e. The molecule has 0 spiro atoms. The number of hydrogen-bond acceptors (Lipinski definition) is 5. The van der Waals surface area contributed by atoms with Crippen molar-refractivity contribution in [2.45, 2.75) is 38.1 Å². The summed E-state index contributed by atoms with van der Waals surface area (Å²) in [5.41, 5.74) is 0. The molecule has 1 aromatic heterocycles. The molecule has 6 heteroatoms. The van der Waals surface area contributed by atoms with Gasteiger partial charge in [-0.3, -0.25) is 4.79 Å². The highest BCUT2D eigenvalue weighted by Gasteiger charge is 2.31. The molecule has 0 saturated carbocycles. The molecular weight excluding hydrogens is 256 g/mol. The Hall–Kier alpha value is -1.69. The van der Waals surface area contributed by atoms with E-state index in [0.717, 1.165) is 38.6 Å². The number of amides is 1. The molecule has 2 heterocycles. The maximum Gasteiger partial charge on any atom is 0.242 e. The molecule has 1 aliphatic rings. The van der Waals surface area contributed by atoms with Crippen molar-refractivity contribution >= 4 is 11.9 Å². The second-order valence-corrected chi connectivity index (χ2v) is 4.98. The highest BCUT2D eigenvalue weighted by molar-refractivity contribution is 5.85. The number of aliphatic hydroxyl groups excluding tert-OH is 1. The molecule has 1 unspecified atom stereocenters. The molecule has 0 radical (unpaired) electrons. The standard InChI is InChI=1S/C14H22N4O2/c19-11-3-1-2-7-15-13(20)12-6-4-10-18(12)14-16-8-5-9-17-14/h5,8-9,12,19H,1-4,6-7,10-11H2,(H,15,20). The number of carbonyl (C=O) groups excluding carboxylic acids is 1. The maximum atomic E-state index is 12.2. The first-order valence-corrected chi connectivity index (χ1v) is 7.25. The van der Waals surface area contributed by atoms with E-state index >= 15 is 0 Å². The van der Waals surface area contributed by atoms with Crippen molar-refractivity contribution in [2.24, 2.45) is 0 Å². The fraction of sp³-hybridized carbons (Fsp3) is 0.643. The Kier molecular flexibility index (Phi) is 5.73. The van der Waals surface area contributed by atoms with Crippen LogP contribution in [0.2, 0.25) is 0 Å².